The maximum Gasteiger partial charge on any atom is 0.118 e. The molecule has 5 heteroatoms. The summed E-state index contributed by atoms with van der Waals surface area (Å²) in [6, 6.07) is 7.95. The largest absolute Gasteiger partial charge is 0.497 e. The van der Waals surface area contributed by atoms with Gasteiger partial charge in [0.15, 0.2) is 0 Å². The first-order valence-corrected chi connectivity index (χ1v) is 12.1. The van der Waals surface area contributed by atoms with Crippen molar-refractivity contribution in [2.24, 2.45) is 11.8 Å². The summed E-state index contributed by atoms with van der Waals surface area (Å²) in [4.78, 5) is 0. The average Bonchev–Trinajstić information content (AvgIpc) is 2.73. The van der Waals surface area contributed by atoms with Gasteiger partial charge >= 0.3 is 0 Å². The van der Waals surface area contributed by atoms with Gasteiger partial charge in [0.1, 0.15) is 5.75 Å². The highest BCUT2D eigenvalue weighted by molar-refractivity contribution is 7.98. The lowest BCUT2D eigenvalue weighted by molar-refractivity contribution is 0.0906. The molecule has 0 saturated heterocycles. The number of benzene rings is 1. The topological polar surface area (TPSA) is 47.9 Å². The van der Waals surface area contributed by atoms with Gasteiger partial charge in [-0.2, -0.15) is 0 Å². The van der Waals surface area contributed by atoms with E-state index in [4.69, 9.17) is 14.2 Å². The SMILES string of the molecule is C=C[C@@H](COCSC)C[C@@H](O)C[C@H](C)CC/C=C(\C)COCc1ccc(OC)cc1. The maximum absolute atomic E-state index is 10.4. The van der Waals surface area contributed by atoms with Crippen LogP contribution in [0, 0.1) is 11.8 Å². The van der Waals surface area contributed by atoms with E-state index in [-0.39, 0.29) is 12.0 Å². The Kier molecular flexibility index (Phi) is 14.7. The van der Waals surface area contributed by atoms with Gasteiger partial charge in [0.2, 0.25) is 0 Å². The fraction of sp³-hybridized carbons (Fsp3) is 0.600. The molecule has 0 spiro atoms. The van der Waals surface area contributed by atoms with Crippen LogP contribution in [0.5, 0.6) is 5.75 Å². The van der Waals surface area contributed by atoms with Crippen molar-refractivity contribution in [1.29, 1.82) is 0 Å². The van der Waals surface area contributed by atoms with E-state index in [0.717, 1.165) is 37.0 Å². The van der Waals surface area contributed by atoms with Crippen LogP contribution in [0.2, 0.25) is 0 Å². The molecule has 170 valence electrons. The van der Waals surface area contributed by atoms with Gasteiger partial charge in [-0.15, -0.1) is 18.3 Å². The zero-order valence-electron chi connectivity index (χ0n) is 19.1. The fourth-order valence-corrected chi connectivity index (χ4v) is 3.53. The summed E-state index contributed by atoms with van der Waals surface area (Å²) in [6.45, 7) is 10.1. The first-order valence-electron chi connectivity index (χ1n) is 10.7. The molecular formula is C25H40O4S. The summed E-state index contributed by atoms with van der Waals surface area (Å²) < 4.78 is 16.5. The zero-order valence-corrected chi connectivity index (χ0v) is 20.0. The molecule has 30 heavy (non-hydrogen) atoms. The quantitative estimate of drug-likeness (QED) is 0.188. The number of aliphatic hydroxyl groups excluding tert-OH is 1. The van der Waals surface area contributed by atoms with Crippen molar-refractivity contribution in [1.82, 2.24) is 0 Å². The van der Waals surface area contributed by atoms with Crippen LogP contribution in [0.1, 0.15) is 45.1 Å². The number of hydrogen-bond donors (Lipinski definition) is 1. The molecule has 0 radical (unpaired) electrons. The molecule has 4 nitrogen and oxygen atoms in total. The number of aliphatic hydroxyl groups is 1. The minimum absolute atomic E-state index is 0.212. The van der Waals surface area contributed by atoms with Gasteiger partial charge in [-0.05, 0) is 62.5 Å². The van der Waals surface area contributed by atoms with E-state index in [0.29, 0.717) is 31.7 Å². The maximum atomic E-state index is 10.4. The molecule has 0 aliphatic carbocycles. The van der Waals surface area contributed by atoms with E-state index in [9.17, 15) is 5.11 Å². The minimum Gasteiger partial charge on any atom is -0.497 e. The third kappa shape index (κ3) is 12.4. The Labute approximate surface area is 187 Å². The van der Waals surface area contributed by atoms with Crippen molar-refractivity contribution in [3.63, 3.8) is 0 Å². The molecule has 0 aromatic heterocycles. The Morgan fingerprint density at radius 2 is 1.93 bits per heavy atom. The lowest BCUT2D eigenvalue weighted by atomic mass is 9.92. The molecule has 0 amide bonds. The molecule has 3 atom stereocenters. The van der Waals surface area contributed by atoms with Crippen molar-refractivity contribution in [3.05, 3.63) is 54.1 Å². The summed E-state index contributed by atoms with van der Waals surface area (Å²) >= 11 is 1.66. The smallest absolute Gasteiger partial charge is 0.118 e. The van der Waals surface area contributed by atoms with Gasteiger partial charge in [0.25, 0.3) is 0 Å². The first-order chi connectivity index (χ1) is 14.5. The lowest BCUT2D eigenvalue weighted by Gasteiger charge is -2.20. The van der Waals surface area contributed by atoms with Crippen LogP contribution >= 0.6 is 11.8 Å². The lowest BCUT2D eigenvalue weighted by Crippen LogP contribution is -2.18. The number of hydrogen-bond acceptors (Lipinski definition) is 5. The highest BCUT2D eigenvalue weighted by atomic mass is 32.2. The Balaban J connectivity index is 2.21. The van der Waals surface area contributed by atoms with E-state index in [1.807, 2.05) is 36.6 Å². The number of rotatable bonds is 17. The number of methoxy groups -OCH3 is 1. The molecule has 0 heterocycles. The fourth-order valence-electron chi connectivity index (χ4n) is 3.27. The van der Waals surface area contributed by atoms with E-state index < -0.39 is 0 Å². The van der Waals surface area contributed by atoms with E-state index >= 15 is 0 Å². The molecular weight excluding hydrogens is 396 g/mol. The molecule has 0 fully saturated rings. The molecule has 0 aliphatic heterocycles. The molecule has 1 N–H and O–H groups in total. The first kappa shape index (κ1) is 26.8. The van der Waals surface area contributed by atoms with E-state index in [2.05, 4.69) is 26.5 Å². The van der Waals surface area contributed by atoms with Crippen LogP contribution in [0.4, 0.5) is 0 Å². The monoisotopic (exact) mass is 436 g/mol. The second-order valence-electron chi connectivity index (χ2n) is 7.97. The van der Waals surface area contributed by atoms with Crippen molar-refractivity contribution < 1.29 is 19.3 Å². The normalized spacial score (nSPS) is 14.9. The number of ether oxygens (including phenoxy) is 3. The summed E-state index contributed by atoms with van der Waals surface area (Å²) in [5.74, 6) is 2.23. The second-order valence-corrected chi connectivity index (χ2v) is 8.79. The molecule has 0 saturated carbocycles. The van der Waals surface area contributed by atoms with Gasteiger partial charge < -0.3 is 19.3 Å². The standard InChI is InChI=1S/C25H40O4S/c1-6-22(17-29-19-30-5)15-24(26)14-20(2)8-7-9-21(3)16-28-18-23-10-12-25(27-4)13-11-23/h6,9-13,20,22,24,26H,1,7-8,14-19H2,2-5H3/b21-9+/t20-,22-,24+/m1/s1. The molecule has 0 unspecified atom stereocenters. The Bertz CT molecular complexity index is 600. The summed E-state index contributed by atoms with van der Waals surface area (Å²) in [6.07, 6.45) is 9.46. The van der Waals surface area contributed by atoms with Crippen molar-refractivity contribution in [3.8, 4) is 5.75 Å². The number of allylic oxidation sites excluding steroid dienone is 1. The van der Waals surface area contributed by atoms with Gasteiger partial charge in [-0.3, -0.25) is 0 Å². The third-order valence-corrected chi connectivity index (χ3v) is 5.43. The van der Waals surface area contributed by atoms with Crippen molar-refractivity contribution in [2.75, 3.05) is 32.5 Å². The van der Waals surface area contributed by atoms with Crippen molar-refractivity contribution >= 4 is 11.8 Å². The van der Waals surface area contributed by atoms with E-state index in [1.54, 1.807) is 18.9 Å². The third-order valence-electron chi connectivity index (χ3n) is 5.03. The van der Waals surface area contributed by atoms with Crippen LogP contribution in [-0.2, 0) is 16.1 Å². The van der Waals surface area contributed by atoms with Gasteiger partial charge in [0.05, 0.1) is 39.0 Å². The summed E-state index contributed by atoms with van der Waals surface area (Å²) in [7, 11) is 1.67. The van der Waals surface area contributed by atoms with Crippen LogP contribution in [-0.4, -0.2) is 43.7 Å². The molecule has 0 bridgehead atoms. The van der Waals surface area contributed by atoms with Crippen LogP contribution < -0.4 is 4.74 Å². The highest BCUT2D eigenvalue weighted by Crippen LogP contribution is 2.19. The van der Waals surface area contributed by atoms with Crippen LogP contribution in [0.15, 0.2) is 48.6 Å². The highest BCUT2D eigenvalue weighted by Gasteiger charge is 2.15. The van der Waals surface area contributed by atoms with Crippen LogP contribution in [0.25, 0.3) is 0 Å². The van der Waals surface area contributed by atoms with E-state index in [1.165, 1.54) is 5.57 Å². The summed E-state index contributed by atoms with van der Waals surface area (Å²) in [5, 5.41) is 10.4. The predicted molar refractivity (Wildman–Crippen MR) is 128 cm³/mol. The second kappa shape index (κ2) is 16.4. The van der Waals surface area contributed by atoms with Gasteiger partial charge in [0, 0.05) is 5.92 Å². The van der Waals surface area contributed by atoms with Gasteiger partial charge in [-0.25, -0.2) is 0 Å². The van der Waals surface area contributed by atoms with Crippen molar-refractivity contribution in [2.45, 2.75) is 52.2 Å². The molecule has 1 aromatic rings. The molecule has 1 aromatic carbocycles. The Morgan fingerprint density at radius 3 is 2.57 bits per heavy atom. The summed E-state index contributed by atoms with van der Waals surface area (Å²) in [5.41, 5.74) is 2.39. The Hall–Kier alpha value is -1.27. The molecule has 0 aliphatic rings. The van der Waals surface area contributed by atoms with Gasteiger partial charge in [-0.1, -0.05) is 36.8 Å². The molecule has 1 rings (SSSR count). The Morgan fingerprint density at radius 1 is 1.20 bits per heavy atom. The average molecular weight is 437 g/mol. The predicted octanol–water partition coefficient (Wildman–Crippen LogP) is 5.85. The number of thioether (sulfide) groups is 1. The minimum atomic E-state index is -0.307. The van der Waals surface area contributed by atoms with Crippen LogP contribution in [0.3, 0.4) is 0 Å². The zero-order chi connectivity index (χ0) is 22.2.